The van der Waals surface area contributed by atoms with E-state index < -0.39 is 17.7 Å². The lowest BCUT2D eigenvalue weighted by molar-refractivity contribution is -0.139. The first-order valence-corrected chi connectivity index (χ1v) is 5.66. The molecule has 1 aliphatic rings. The zero-order valence-corrected chi connectivity index (χ0v) is 10.9. The molecule has 0 amide bonds. The van der Waals surface area contributed by atoms with Gasteiger partial charge in [0.05, 0.1) is 19.8 Å². The number of rotatable bonds is 2. The standard InChI is InChI=1S/C14H12O6/c1-18-13(16)9-7-20-10-6-4-3-5-8(10)12(15)11(9)14(17)19-2/h3-7,15H,1-2H3. The van der Waals surface area contributed by atoms with Gasteiger partial charge in [0, 0.05) is 0 Å². The van der Waals surface area contributed by atoms with Crippen LogP contribution in [-0.4, -0.2) is 31.3 Å². The lowest BCUT2D eigenvalue weighted by atomic mass is 10.0. The van der Waals surface area contributed by atoms with Crippen LogP contribution in [0, 0.1) is 0 Å². The summed E-state index contributed by atoms with van der Waals surface area (Å²) in [4.78, 5) is 23.5. The highest BCUT2D eigenvalue weighted by molar-refractivity contribution is 6.11. The number of methoxy groups -OCH3 is 2. The molecule has 1 aromatic carbocycles. The van der Waals surface area contributed by atoms with E-state index in [9.17, 15) is 14.7 Å². The molecule has 1 N–H and O–H groups in total. The van der Waals surface area contributed by atoms with Gasteiger partial charge in [-0.25, -0.2) is 9.59 Å². The minimum atomic E-state index is -0.862. The molecule has 0 saturated heterocycles. The maximum absolute atomic E-state index is 11.8. The van der Waals surface area contributed by atoms with E-state index in [0.717, 1.165) is 20.5 Å². The van der Waals surface area contributed by atoms with Crippen LogP contribution in [0.25, 0.3) is 5.76 Å². The van der Waals surface area contributed by atoms with Crippen LogP contribution in [0.2, 0.25) is 0 Å². The van der Waals surface area contributed by atoms with Crippen molar-refractivity contribution in [3.05, 3.63) is 47.2 Å². The Hall–Kier alpha value is -2.76. The fraction of sp³-hybridized carbons (Fsp3) is 0.143. The molecule has 2 rings (SSSR count). The third-order valence-corrected chi connectivity index (χ3v) is 2.75. The van der Waals surface area contributed by atoms with Crippen LogP contribution in [-0.2, 0) is 19.1 Å². The summed E-state index contributed by atoms with van der Waals surface area (Å²) in [6.45, 7) is 0. The first-order valence-electron chi connectivity index (χ1n) is 5.66. The molecular formula is C14H12O6. The van der Waals surface area contributed by atoms with Gasteiger partial charge < -0.3 is 19.3 Å². The smallest absolute Gasteiger partial charge is 0.342 e. The summed E-state index contributed by atoms with van der Waals surface area (Å²) in [6, 6.07) is 6.51. The van der Waals surface area contributed by atoms with Crippen molar-refractivity contribution in [2.24, 2.45) is 0 Å². The molecule has 0 spiro atoms. The number of para-hydroxylation sites is 1. The van der Waals surface area contributed by atoms with Crippen molar-refractivity contribution in [2.75, 3.05) is 14.2 Å². The number of benzene rings is 1. The summed E-state index contributed by atoms with van der Waals surface area (Å²) in [5.41, 5.74) is -0.236. The van der Waals surface area contributed by atoms with Gasteiger partial charge in [0.1, 0.15) is 28.9 Å². The second kappa shape index (κ2) is 5.48. The summed E-state index contributed by atoms with van der Waals surface area (Å²) in [6.07, 6.45) is 1.06. The predicted molar refractivity (Wildman–Crippen MR) is 68.7 cm³/mol. The van der Waals surface area contributed by atoms with Crippen molar-refractivity contribution in [2.45, 2.75) is 0 Å². The molecule has 0 saturated carbocycles. The lowest BCUT2D eigenvalue weighted by Gasteiger charge is -2.08. The van der Waals surface area contributed by atoms with Crippen molar-refractivity contribution in [1.82, 2.24) is 0 Å². The summed E-state index contributed by atoms with van der Waals surface area (Å²) < 4.78 is 14.5. The molecule has 104 valence electrons. The number of esters is 2. The predicted octanol–water partition coefficient (Wildman–Crippen LogP) is 1.58. The Morgan fingerprint density at radius 1 is 1.10 bits per heavy atom. The lowest BCUT2D eigenvalue weighted by Crippen LogP contribution is -2.16. The van der Waals surface area contributed by atoms with E-state index in [2.05, 4.69) is 9.47 Å². The number of aliphatic hydroxyl groups excluding tert-OH is 1. The minimum absolute atomic E-state index is 0.215. The van der Waals surface area contributed by atoms with Gasteiger partial charge >= 0.3 is 11.9 Å². The summed E-state index contributed by atoms with van der Waals surface area (Å²) in [5, 5.41) is 10.3. The van der Waals surface area contributed by atoms with Gasteiger partial charge in [-0.3, -0.25) is 0 Å². The third kappa shape index (κ3) is 2.23. The van der Waals surface area contributed by atoms with Crippen molar-refractivity contribution in [3.63, 3.8) is 0 Å². The number of ether oxygens (including phenoxy) is 3. The summed E-state index contributed by atoms with van der Waals surface area (Å²) in [7, 11) is 2.31. The van der Waals surface area contributed by atoms with Gasteiger partial charge in [-0.1, -0.05) is 12.1 Å². The Bertz CT molecular complexity index is 626. The van der Waals surface area contributed by atoms with Crippen molar-refractivity contribution in [3.8, 4) is 5.75 Å². The number of hydrogen-bond acceptors (Lipinski definition) is 6. The van der Waals surface area contributed by atoms with Crippen LogP contribution in [0.4, 0.5) is 0 Å². The van der Waals surface area contributed by atoms with Gasteiger partial charge in [-0.05, 0) is 12.1 Å². The molecule has 0 fully saturated rings. The van der Waals surface area contributed by atoms with E-state index >= 15 is 0 Å². The molecule has 0 aliphatic carbocycles. The maximum Gasteiger partial charge on any atom is 0.342 e. The first-order chi connectivity index (χ1) is 9.60. The molecule has 0 atom stereocenters. The van der Waals surface area contributed by atoms with Crippen molar-refractivity contribution in [1.29, 1.82) is 0 Å². The Morgan fingerprint density at radius 2 is 1.75 bits per heavy atom. The normalized spacial score (nSPS) is 13.6. The fourth-order valence-corrected chi connectivity index (χ4v) is 1.78. The van der Waals surface area contributed by atoms with E-state index in [4.69, 9.17) is 4.74 Å². The second-order valence-corrected chi connectivity index (χ2v) is 3.85. The molecule has 20 heavy (non-hydrogen) atoms. The highest BCUT2D eigenvalue weighted by Crippen LogP contribution is 2.33. The van der Waals surface area contributed by atoms with E-state index in [1.165, 1.54) is 0 Å². The molecule has 0 radical (unpaired) electrons. The average molecular weight is 276 g/mol. The molecule has 1 aliphatic heterocycles. The van der Waals surface area contributed by atoms with E-state index in [-0.39, 0.29) is 16.7 Å². The zero-order chi connectivity index (χ0) is 14.7. The average Bonchev–Trinajstić information content (AvgIpc) is 2.63. The Labute approximate surface area is 114 Å². The molecule has 0 bridgehead atoms. The van der Waals surface area contributed by atoms with Crippen LogP contribution in [0.3, 0.4) is 0 Å². The van der Waals surface area contributed by atoms with Gasteiger partial charge in [-0.15, -0.1) is 0 Å². The summed E-state index contributed by atoms with van der Waals surface area (Å²) in [5.74, 6) is -1.77. The Morgan fingerprint density at radius 3 is 2.40 bits per heavy atom. The topological polar surface area (TPSA) is 82.1 Å². The van der Waals surface area contributed by atoms with Gasteiger partial charge in [0.2, 0.25) is 0 Å². The molecule has 1 aromatic rings. The monoisotopic (exact) mass is 276 g/mol. The third-order valence-electron chi connectivity index (χ3n) is 2.75. The molecular weight excluding hydrogens is 264 g/mol. The van der Waals surface area contributed by atoms with Crippen LogP contribution >= 0.6 is 0 Å². The number of hydrogen-bond donors (Lipinski definition) is 1. The number of carbonyl (C=O) groups excluding carboxylic acids is 2. The van der Waals surface area contributed by atoms with Gasteiger partial charge in [0.15, 0.2) is 0 Å². The highest BCUT2D eigenvalue weighted by atomic mass is 16.5. The maximum atomic E-state index is 11.8. The molecule has 0 unspecified atom stereocenters. The largest absolute Gasteiger partial charge is 0.506 e. The van der Waals surface area contributed by atoms with E-state index in [1.807, 2.05) is 0 Å². The highest BCUT2D eigenvalue weighted by Gasteiger charge is 2.31. The number of aliphatic hydroxyl groups is 1. The fourth-order valence-electron chi connectivity index (χ4n) is 1.78. The molecule has 1 heterocycles. The Balaban J connectivity index is 2.68. The zero-order valence-electron chi connectivity index (χ0n) is 10.9. The number of fused-ring (bicyclic) bond motifs is 1. The van der Waals surface area contributed by atoms with Crippen LogP contribution < -0.4 is 4.74 Å². The second-order valence-electron chi connectivity index (χ2n) is 3.85. The van der Waals surface area contributed by atoms with Crippen LogP contribution in [0.15, 0.2) is 41.7 Å². The van der Waals surface area contributed by atoms with Gasteiger partial charge in [-0.2, -0.15) is 0 Å². The number of carbonyl (C=O) groups is 2. The van der Waals surface area contributed by atoms with Gasteiger partial charge in [0.25, 0.3) is 0 Å². The van der Waals surface area contributed by atoms with Crippen LogP contribution in [0.1, 0.15) is 5.56 Å². The SMILES string of the molecule is COC(=O)C1=COc2ccccc2C(O)=C1C(=O)OC. The van der Waals surface area contributed by atoms with Crippen LogP contribution in [0.5, 0.6) is 5.75 Å². The van der Waals surface area contributed by atoms with Crippen molar-refractivity contribution >= 4 is 17.7 Å². The molecule has 6 nitrogen and oxygen atoms in total. The van der Waals surface area contributed by atoms with Crippen molar-refractivity contribution < 1.29 is 28.9 Å². The Kier molecular flexibility index (Phi) is 3.74. The summed E-state index contributed by atoms with van der Waals surface area (Å²) >= 11 is 0. The van der Waals surface area contributed by atoms with E-state index in [1.54, 1.807) is 24.3 Å². The first kappa shape index (κ1) is 13.7. The minimum Gasteiger partial charge on any atom is -0.506 e. The van der Waals surface area contributed by atoms with E-state index in [0.29, 0.717) is 5.75 Å². The molecule has 6 heteroatoms. The quantitative estimate of drug-likeness (QED) is 0.826. The molecule has 0 aromatic heterocycles.